The molecule has 2 aromatic heterocycles. The monoisotopic (exact) mass is 311 g/mol. The average molecular weight is 311 g/mol. The molecule has 23 heavy (non-hydrogen) atoms. The first-order valence-corrected chi connectivity index (χ1v) is 7.63. The zero-order valence-electron chi connectivity index (χ0n) is 12.7. The van der Waals surface area contributed by atoms with E-state index in [-0.39, 0.29) is 6.04 Å². The molecule has 6 heteroatoms. The molecule has 1 aliphatic heterocycles. The summed E-state index contributed by atoms with van der Waals surface area (Å²) >= 11 is 0. The van der Waals surface area contributed by atoms with Gasteiger partial charge in [-0.2, -0.15) is 4.98 Å². The summed E-state index contributed by atoms with van der Waals surface area (Å²) in [5, 5.41) is 7.36. The zero-order chi connectivity index (χ0) is 15.6. The Kier molecular flexibility index (Phi) is 3.59. The highest BCUT2D eigenvalue weighted by atomic mass is 16.5. The van der Waals surface area contributed by atoms with Crippen molar-refractivity contribution in [3.8, 4) is 17.3 Å². The number of para-hydroxylation sites is 1. The van der Waals surface area contributed by atoms with Crippen molar-refractivity contribution in [2.24, 2.45) is 0 Å². The van der Waals surface area contributed by atoms with Gasteiger partial charge in [-0.15, -0.1) is 0 Å². The molecule has 0 saturated heterocycles. The van der Waals surface area contributed by atoms with Gasteiger partial charge in [0.05, 0.1) is 19.4 Å². The molecule has 4 rings (SSSR count). The number of hydrogen-bond acceptors (Lipinski definition) is 6. The normalized spacial score (nSPS) is 17.7. The molecule has 0 saturated carbocycles. The van der Waals surface area contributed by atoms with Crippen LogP contribution < -0.4 is 10.1 Å². The minimum absolute atomic E-state index is 0.234. The van der Waals surface area contributed by atoms with Gasteiger partial charge in [-0.3, -0.25) is 0 Å². The van der Waals surface area contributed by atoms with Crippen LogP contribution in [0.3, 0.4) is 0 Å². The van der Waals surface area contributed by atoms with Crippen molar-refractivity contribution in [1.82, 2.24) is 15.5 Å². The van der Waals surface area contributed by atoms with Crippen LogP contribution in [-0.2, 0) is 6.54 Å². The maximum absolute atomic E-state index is 5.73. The van der Waals surface area contributed by atoms with Gasteiger partial charge in [-0.1, -0.05) is 23.4 Å². The van der Waals surface area contributed by atoms with E-state index in [1.54, 1.807) is 18.4 Å². The van der Waals surface area contributed by atoms with Gasteiger partial charge < -0.3 is 19.0 Å². The fourth-order valence-corrected chi connectivity index (χ4v) is 2.82. The Hall–Kier alpha value is -2.60. The van der Waals surface area contributed by atoms with Gasteiger partial charge in [0, 0.05) is 17.5 Å². The Bertz CT molecular complexity index is 782. The Morgan fingerprint density at radius 2 is 2.17 bits per heavy atom. The fourth-order valence-electron chi connectivity index (χ4n) is 2.82. The van der Waals surface area contributed by atoms with Crippen LogP contribution in [0.4, 0.5) is 0 Å². The number of hydrogen-bond donors (Lipinski definition) is 1. The Balaban J connectivity index is 1.40. The van der Waals surface area contributed by atoms with Crippen LogP contribution in [0, 0.1) is 0 Å². The molecule has 118 valence electrons. The first-order chi connectivity index (χ1) is 11.3. The van der Waals surface area contributed by atoms with Crippen LogP contribution in [-0.4, -0.2) is 22.8 Å². The van der Waals surface area contributed by atoms with Crippen molar-refractivity contribution in [1.29, 1.82) is 0 Å². The van der Waals surface area contributed by atoms with E-state index in [4.69, 9.17) is 13.7 Å². The van der Waals surface area contributed by atoms with Gasteiger partial charge in [-0.25, -0.2) is 0 Å². The van der Waals surface area contributed by atoms with Gasteiger partial charge in [0.1, 0.15) is 5.75 Å². The predicted molar refractivity (Wildman–Crippen MR) is 83.0 cm³/mol. The van der Waals surface area contributed by atoms with Crippen molar-refractivity contribution in [2.45, 2.75) is 25.4 Å². The Morgan fingerprint density at radius 1 is 1.26 bits per heavy atom. The molecule has 1 aromatic carbocycles. The molecule has 3 aromatic rings. The third kappa shape index (κ3) is 2.73. The molecule has 1 N–H and O–H groups in total. The number of aromatic nitrogens is 2. The first kappa shape index (κ1) is 14.0. The number of furan rings is 1. The largest absolute Gasteiger partial charge is 0.493 e. The number of nitrogens with one attached hydrogen (secondary N) is 1. The molecule has 0 unspecified atom stereocenters. The SMILES string of the molecule is C[C@H](NCc1nc(-c2ccco2)no1)[C@H]1COc2ccccc21. The van der Waals surface area contributed by atoms with Crippen molar-refractivity contribution in [3.05, 3.63) is 54.1 Å². The van der Waals surface area contributed by atoms with Crippen molar-refractivity contribution < 1.29 is 13.7 Å². The Morgan fingerprint density at radius 3 is 3.04 bits per heavy atom. The molecular weight excluding hydrogens is 294 g/mol. The summed E-state index contributed by atoms with van der Waals surface area (Å²) in [5.41, 5.74) is 1.24. The summed E-state index contributed by atoms with van der Waals surface area (Å²) in [5.74, 6) is 2.90. The predicted octanol–water partition coefficient (Wildman–Crippen LogP) is 2.98. The number of benzene rings is 1. The van der Waals surface area contributed by atoms with Crippen molar-refractivity contribution in [3.63, 3.8) is 0 Å². The number of rotatable bonds is 5. The molecule has 3 heterocycles. The number of nitrogens with zero attached hydrogens (tertiary/aromatic N) is 2. The lowest BCUT2D eigenvalue weighted by Gasteiger charge is -2.18. The highest BCUT2D eigenvalue weighted by Crippen LogP contribution is 2.35. The van der Waals surface area contributed by atoms with E-state index in [9.17, 15) is 0 Å². The minimum Gasteiger partial charge on any atom is -0.493 e. The van der Waals surface area contributed by atoms with E-state index >= 15 is 0 Å². The van der Waals surface area contributed by atoms with E-state index in [2.05, 4.69) is 28.4 Å². The van der Waals surface area contributed by atoms with Crippen LogP contribution >= 0.6 is 0 Å². The second-order valence-electron chi connectivity index (χ2n) is 5.61. The highest BCUT2D eigenvalue weighted by Gasteiger charge is 2.28. The zero-order valence-corrected chi connectivity index (χ0v) is 12.7. The summed E-state index contributed by atoms with van der Waals surface area (Å²) < 4.78 is 16.2. The van der Waals surface area contributed by atoms with Gasteiger partial charge in [0.2, 0.25) is 11.7 Å². The van der Waals surface area contributed by atoms with Crippen LogP contribution in [0.25, 0.3) is 11.6 Å². The molecule has 0 aliphatic carbocycles. The van der Waals surface area contributed by atoms with Gasteiger partial charge >= 0.3 is 0 Å². The summed E-state index contributed by atoms with van der Waals surface area (Å²) in [6.07, 6.45) is 1.59. The third-order valence-corrected chi connectivity index (χ3v) is 4.13. The number of fused-ring (bicyclic) bond motifs is 1. The molecular formula is C17H17N3O3. The van der Waals surface area contributed by atoms with Crippen LogP contribution in [0.15, 0.2) is 51.6 Å². The molecule has 0 bridgehead atoms. The summed E-state index contributed by atoms with van der Waals surface area (Å²) in [6.45, 7) is 3.34. The van der Waals surface area contributed by atoms with Crippen molar-refractivity contribution in [2.75, 3.05) is 6.61 Å². The van der Waals surface area contributed by atoms with E-state index in [1.807, 2.05) is 18.2 Å². The smallest absolute Gasteiger partial charge is 0.241 e. The van der Waals surface area contributed by atoms with Gasteiger partial charge in [-0.05, 0) is 25.1 Å². The van der Waals surface area contributed by atoms with Gasteiger partial charge in [0.25, 0.3) is 0 Å². The Labute approximate surface area is 133 Å². The van der Waals surface area contributed by atoms with Crippen LogP contribution in [0.1, 0.15) is 24.3 Å². The molecule has 1 aliphatic rings. The second kappa shape index (κ2) is 5.89. The lowest BCUT2D eigenvalue weighted by atomic mass is 9.94. The second-order valence-corrected chi connectivity index (χ2v) is 5.61. The number of ether oxygens (including phenoxy) is 1. The summed E-state index contributed by atoms with van der Waals surface area (Å²) in [6, 6.07) is 12.0. The third-order valence-electron chi connectivity index (χ3n) is 4.13. The van der Waals surface area contributed by atoms with E-state index in [0.29, 0.717) is 36.5 Å². The topological polar surface area (TPSA) is 73.3 Å². The quantitative estimate of drug-likeness (QED) is 0.781. The molecule has 0 amide bonds. The molecule has 0 fully saturated rings. The summed E-state index contributed by atoms with van der Waals surface area (Å²) in [4.78, 5) is 4.33. The standard InChI is InChI=1S/C17H17N3O3/c1-11(13-10-22-14-6-3-2-5-12(13)14)18-9-16-19-17(20-23-16)15-7-4-8-21-15/h2-8,11,13,18H,9-10H2,1H3/t11-,13+/m0/s1. The van der Waals surface area contributed by atoms with Crippen molar-refractivity contribution >= 4 is 0 Å². The lowest BCUT2D eigenvalue weighted by Crippen LogP contribution is -2.32. The molecule has 0 radical (unpaired) electrons. The molecule has 0 spiro atoms. The van der Waals surface area contributed by atoms with Crippen LogP contribution in [0.5, 0.6) is 5.75 Å². The van der Waals surface area contributed by atoms with E-state index < -0.39 is 0 Å². The maximum atomic E-state index is 5.73. The minimum atomic E-state index is 0.234. The maximum Gasteiger partial charge on any atom is 0.241 e. The molecule has 2 atom stereocenters. The van der Waals surface area contributed by atoms with E-state index in [0.717, 1.165) is 5.75 Å². The summed E-state index contributed by atoms with van der Waals surface area (Å²) in [7, 11) is 0. The van der Waals surface area contributed by atoms with E-state index in [1.165, 1.54) is 5.56 Å². The van der Waals surface area contributed by atoms with Gasteiger partial charge in [0.15, 0.2) is 5.76 Å². The lowest BCUT2D eigenvalue weighted by molar-refractivity contribution is 0.295. The average Bonchev–Trinajstić information content (AvgIpc) is 3.31. The highest BCUT2D eigenvalue weighted by molar-refractivity contribution is 5.44. The first-order valence-electron chi connectivity index (χ1n) is 7.63. The molecule has 6 nitrogen and oxygen atoms in total. The fraction of sp³-hybridized carbons (Fsp3) is 0.294. The van der Waals surface area contributed by atoms with Crippen LogP contribution in [0.2, 0.25) is 0 Å².